The van der Waals surface area contributed by atoms with E-state index in [-0.39, 0.29) is 5.91 Å². The molecule has 2 aliphatic rings. The Morgan fingerprint density at radius 1 is 0.633 bits per heavy atom. The van der Waals surface area contributed by atoms with Crippen molar-refractivity contribution in [2.45, 2.75) is 25.7 Å². The Hall–Kier alpha value is -2.22. The minimum Gasteiger partial charge on any atom is -0.336 e. The number of carbonyl (C=O) groups excluding carboxylic acids is 1. The first-order valence-corrected chi connectivity index (χ1v) is 12.2. The first-order valence-electron chi connectivity index (χ1n) is 10.8. The Morgan fingerprint density at radius 2 is 1.17 bits per heavy atom. The van der Waals surface area contributed by atoms with Crippen molar-refractivity contribution in [2.75, 3.05) is 39.3 Å². The number of benzene rings is 2. The molecule has 2 heterocycles. The molecule has 2 aliphatic heterocycles. The summed E-state index contributed by atoms with van der Waals surface area (Å²) in [4.78, 5) is 14.7. The monoisotopic (exact) mass is 427 g/mol. The number of rotatable bonds is 4. The van der Waals surface area contributed by atoms with Gasteiger partial charge in [-0.15, -0.1) is 0 Å². The van der Waals surface area contributed by atoms with E-state index in [2.05, 4.69) is 0 Å². The van der Waals surface area contributed by atoms with Crippen molar-refractivity contribution in [3.8, 4) is 11.1 Å². The average molecular weight is 428 g/mol. The van der Waals surface area contributed by atoms with Gasteiger partial charge in [-0.25, -0.2) is 0 Å². The zero-order valence-electron chi connectivity index (χ0n) is 17.2. The topological polar surface area (TPSA) is 60.9 Å². The van der Waals surface area contributed by atoms with Gasteiger partial charge in [0.15, 0.2) is 0 Å². The van der Waals surface area contributed by atoms with Crippen molar-refractivity contribution >= 4 is 16.1 Å². The van der Waals surface area contributed by atoms with Crippen molar-refractivity contribution < 1.29 is 13.2 Å². The molecule has 1 amide bonds. The molecule has 30 heavy (non-hydrogen) atoms. The summed E-state index contributed by atoms with van der Waals surface area (Å²) in [6.07, 6.45) is 4.04. The Balaban J connectivity index is 1.37. The minimum absolute atomic E-state index is 0.0403. The van der Waals surface area contributed by atoms with Crippen LogP contribution in [0.15, 0.2) is 54.6 Å². The number of nitrogens with zero attached hydrogens (tertiary/aromatic N) is 3. The number of hydrogen-bond donors (Lipinski definition) is 0. The van der Waals surface area contributed by atoms with E-state index in [1.165, 1.54) is 0 Å². The SMILES string of the molecule is O=C(c1ccc(-c2ccccc2)cc1)N1CCN(S(=O)(=O)N2CCCCCC2)CC1. The Morgan fingerprint density at radius 3 is 1.77 bits per heavy atom. The van der Waals surface area contributed by atoms with E-state index in [0.717, 1.165) is 36.8 Å². The second kappa shape index (κ2) is 9.29. The predicted molar refractivity (Wildman–Crippen MR) is 118 cm³/mol. The van der Waals surface area contributed by atoms with E-state index in [1.807, 2.05) is 54.6 Å². The maximum absolute atomic E-state index is 13.0. The second-order valence-corrected chi connectivity index (χ2v) is 9.88. The minimum atomic E-state index is -3.43. The number of hydrogen-bond acceptors (Lipinski definition) is 3. The molecule has 0 aliphatic carbocycles. The van der Waals surface area contributed by atoms with E-state index in [0.29, 0.717) is 44.8 Å². The normalized spacial score (nSPS) is 19.4. The van der Waals surface area contributed by atoms with E-state index < -0.39 is 10.2 Å². The summed E-state index contributed by atoms with van der Waals surface area (Å²) in [6, 6.07) is 17.7. The van der Waals surface area contributed by atoms with Crippen LogP contribution in [0.1, 0.15) is 36.0 Å². The van der Waals surface area contributed by atoms with Crippen LogP contribution < -0.4 is 0 Å². The van der Waals surface area contributed by atoms with Crippen LogP contribution in [0.5, 0.6) is 0 Å². The van der Waals surface area contributed by atoms with Gasteiger partial charge in [0.2, 0.25) is 0 Å². The third-order valence-electron chi connectivity index (χ3n) is 5.98. The molecule has 2 aromatic rings. The van der Waals surface area contributed by atoms with Crippen LogP contribution in [-0.4, -0.2) is 67.1 Å². The van der Waals surface area contributed by atoms with Crippen LogP contribution in [0.3, 0.4) is 0 Å². The molecule has 0 bridgehead atoms. The van der Waals surface area contributed by atoms with Crippen LogP contribution in [0, 0.1) is 0 Å². The number of carbonyl (C=O) groups is 1. The van der Waals surface area contributed by atoms with Crippen molar-refractivity contribution in [1.29, 1.82) is 0 Å². The molecule has 0 atom stereocenters. The van der Waals surface area contributed by atoms with Gasteiger partial charge in [0.1, 0.15) is 0 Å². The molecule has 160 valence electrons. The highest BCUT2D eigenvalue weighted by Gasteiger charge is 2.33. The molecule has 7 heteroatoms. The summed E-state index contributed by atoms with van der Waals surface area (Å²) in [5, 5.41) is 0. The zero-order valence-corrected chi connectivity index (χ0v) is 18.1. The fourth-order valence-electron chi connectivity index (χ4n) is 4.18. The lowest BCUT2D eigenvalue weighted by Gasteiger charge is -2.36. The van der Waals surface area contributed by atoms with E-state index in [1.54, 1.807) is 13.5 Å². The predicted octanol–water partition coefficient (Wildman–Crippen LogP) is 3.23. The lowest BCUT2D eigenvalue weighted by Crippen LogP contribution is -2.54. The van der Waals surface area contributed by atoms with Gasteiger partial charge in [-0.05, 0) is 36.1 Å². The molecule has 6 nitrogen and oxygen atoms in total. The first-order chi connectivity index (χ1) is 14.6. The highest BCUT2D eigenvalue weighted by molar-refractivity contribution is 7.86. The van der Waals surface area contributed by atoms with Crippen LogP contribution in [0.25, 0.3) is 11.1 Å². The molecule has 4 rings (SSSR count). The van der Waals surface area contributed by atoms with Gasteiger partial charge in [-0.1, -0.05) is 55.3 Å². The third-order valence-corrected chi connectivity index (χ3v) is 8.02. The fourth-order valence-corrected chi connectivity index (χ4v) is 5.85. The van der Waals surface area contributed by atoms with Gasteiger partial charge in [0.05, 0.1) is 0 Å². The average Bonchev–Trinajstić information content (AvgIpc) is 3.10. The van der Waals surface area contributed by atoms with Gasteiger partial charge >= 0.3 is 0 Å². The second-order valence-electron chi connectivity index (χ2n) is 7.96. The summed E-state index contributed by atoms with van der Waals surface area (Å²) in [6.45, 7) is 2.77. The number of amides is 1. The van der Waals surface area contributed by atoms with Crippen molar-refractivity contribution in [3.05, 3.63) is 60.2 Å². The summed E-state index contributed by atoms with van der Waals surface area (Å²) in [5.41, 5.74) is 2.82. The van der Waals surface area contributed by atoms with Gasteiger partial charge in [-0.3, -0.25) is 4.79 Å². The summed E-state index contributed by atoms with van der Waals surface area (Å²) in [5.74, 6) is -0.0403. The van der Waals surface area contributed by atoms with Crippen LogP contribution >= 0.6 is 0 Å². The number of piperazine rings is 1. The van der Waals surface area contributed by atoms with E-state index in [9.17, 15) is 13.2 Å². The maximum Gasteiger partial charge on any atom is 0.282 e. The largest absolute Gasteiger partial charge is 0.336 e. The van der Waals surface area contributed by atoms with Gasteiger partial charge < -0.3 is 4.90 Å². The first kappa shape index (κ1) is 21.0. The highest BCUT2D eigenvalue weighted by atomic mass is 32.2. The van der Waals surface area contributed by atoms with Crippen molar-refractivity contribution in [1.82, 2.24) is 13.5 Å². The molecular formula is C23H29N3O3S. The van der Waals surface area contributed by atoms with Crippen LogP contribution in [-0.2, 0) is 10.2 Å². The van der Waals surface area contributed by atoms with Gasteiger partial charge in [-0.2, -0.15) is 17.0 Å². The van der Waals surface area contributed by atoms with Crippen molar-refractivity contribution in [2.24, 2.45) is 0 Å². The molecule has 0 radical (unpaired) electrons. The Kier molecular flexibility index (Phi) is 6.51. The summed E-state index contributed by atoms with van der Waals surface area (Å²) < 4.78 is 29.1. The molecule has 0 N–H and O–H groups in total. The smallest absolute Gasteiger partial charge is 0.282 e. The van der Waals surface area contributed by atoms with Crippen LogP contribution in [0.4, 0.5) is 0 Å². The standard InChI is InChI=1S/C23H29N3O3S/c27-23(22-12-10-21(11-13-22)20-8-4-3-5-9-20)24-16-18-26(19-17-24)30(28,29)25-14-6-1-2-7-15-25/h3-5,8-13H,1-2,6-7,14-19H2. The molecule has 2 fully saturated rings. The Labute approximate surface area is 179 Å². The molecule has 0 saturated carbocycles. The molecule has 2 saturated heterocycles. The highest BCUT2D eigenvalue weighted by Crippen LogP contribution is 2.21. The summed E-state index contributed by atoms with van der Waals surface area (Å²) in [7, 11) is -3.43. The lowest BCUT2D eigenvalue weighted by atomic mass is 10.0. The van der Waals surface area contributed by atoms with E-state index >= 15 is 0 Å². The summed E-state index contributed by atoms with van der Waals surface area (Å²) >= 11 is 0. The molecule has 0 unspecified atom stereocenters. The Bertz CT molecular complexity index is 945. The lowest BCUT2D eigenvalue weighted by molar-refractivity contribution is 0.0694. The molecule has 2 aromatic carbocycles. The molecular weight excluding hydrogens is 398 g/mol. The van der Waals surface area contributed by atoms with Gasteiger partial charge in [0, 0.05) is 44.8 Å². The van der Waals surface area contributed by atoms with Gasteiger partial charge in [0.25, 0.3) is 16.1 Å². The maximum atomic E-state index is 13.0. The zero-order chi connectivity index (χ0) is 21.0. The quantitative estimate of drug-likeness (QED) is 0.753. The van der Waals surface area contributed by atoms with E-state index in [4.69, 9.17) is 0 Å². The third kappa shape index (κ3) is 4.58. The van der Waals surface area contributed by atoms with Crippen LogP contribution in [0.2, 0.25) is 0 Å². The van der Waals surface area contributed by atoms with Crippen molar-refractivity contribution in [3.63, 3.8) is 0 Å². The molecule has 0 aromatic heterocycles. The fraction of sp³-hybridized carbons (Fsp3) is 0.435. The molecule has 0 spiro atoms.